The van der Waals surface area contributed by atoms with Crippen LogP contribution >= 0.6 is 0 Å². The number of aromatic nitrogens is 2. The summed E-state index contributed by atoms with van der Waals surface area (Å²) >= 11 is 0. The third-order valence-electron chi connectivity index (χ3n) is 4.12. The number of nitrogens with one attached hydrogen (secondary N) is 1. The van der Waals surface area contributed by atoms with E-state index in [0.29, 0.717) is 12.2 Å². The van der Waals surface area contributed by atoms with Gasteiger partial charge in [-0.25, -0.2) is 9.97 Å². The summed E-state index contributed by atoms with van der Waals surface area (Å²) in [4.78, 5) is 31.2. The summed E-state index contributed by atoms with van der Waals surface area (Å²) in [7, 11) is 0. The Morgan fingerprint density at radius 2 is 1.71 bits per heavy atom. The summed E-state index contributed by atoms with van der Waals surface area (Å²) in [5.74, 6) is -1.94. The predicted molar refractivity (Wildman–Crippen MR) is 103 cm³/mol. The number of nitrogens with zero attached hydrogens (tertiary/aromatic N) is 2. The second-order valence-electron chi connectivity index (χ2n) is 6.24. The fourth-order valence-electron chi connectivity index (χ4n) is 2.78. The van der Waals surface area contributed by atoms with Crippen LogP contribution in [-0.4, -0.2) is 38.6 Å². The summed E-state index contributed by atoms with van der Waals surface area (Å²) in [5.41, 5.74) is 3.10. The van der Waals surface area contributed by atoms with Crippen LogP contribution in [0.2, 0.25) is 0 Å². The van der Waals surface area contributed by atoms with Gasteiger partial charge in [-0.15, -0.1) is 0 Å². The van der Waals surface area contributed by atoms with E-state index in [4.69, 9.17) is 5.11 Å². The number of carbonyl (C=O) groups excluding carboxylic acids is 1. The Bertz CT molecular complexity index is 1020. The Labute approximate surface area is 161 Å². The molecular weight excluding hydrogens is 358 g/mol. The topological polar surface area (TPSA) is 112 Å². The van der Waals surface area contributed by atoms with Gasteiger partial charge in [-0.3, -0.25) is 9.59 Å². The second kappa shape index (κ2) is 8.30. The number of carbonyl (C=O) groups is 2. The van der Waals surface area contributed by atoms with Gasteiger partial charge in [-0.2, -0.15) is 0 Å². The molecule has 7 heteroatoms. The minimum atomic E-state index is -1.18. The van der Waals surface area contributed by atoms with Crippen LogP contribution in [0.1, 0.15) is 27.6 Å². The molecule has 3 rings (SSSR count). The van der Waals surface area contributed by atoms with Crippen LogP contribution in [0.5, 0.6) is 5.75 Å². The van der Waals surface area contributed by atoms with E-state index < -0.39 is 18.4 Å². The normalized spacial score (nSPS) is 10.5. The van der Waals surface area contributed by atoms with Gasteiger partial charge in [0, 0.05) is 6.42 Å². The average Bonchev–Trinajstić information content (AvgIpc) is 2.69. The molecule has 0 saturated heterocycles. The molecule has 2 aromatic carbocycles. The van der Waals surface area contributed by atoms with Crippen molar-refractivity contribution >= 4 is 11.9 Å². The Balaban J connectivity index is 1.87. The molecule has 1 aromatic heterocycles. The molecule has 0 unspecified atom stereocenters. The summed E-state index contributed by atoms with van der Waals surface area (Å²) in [6.45, 7) is 1.00. The van der Waals surface area contributed by atoms with E-state index in [1.54, 1.807) is 6.92 Å². The third kappa shape index (κ3) is 4.50. The van der Waals surface area contributed by atoms with E-state index in [-0.39, 0.29) is 17.1 Å². The lowest BCUT2D eigenvalue weighted by Gasteiger charge is -2.10. The lowest BCUT2D eigenvalue weighted by molar-refractivity contribution is -0.135. The van der Waals surface area contributed by atoms with Crippen LogP contribution < -0.4 is 5.32 Å². The molecule has 0 saturated carbocycles. The van der Waals surface area contributed by atoms with Crippen molar-refractivity contribution in [3.05, 3.63) is 77.4 Å². The number of hydrogen-bond donors (Lipinski definition) is 3. The number of benzene rings is 2. The SMILES string of the molecule is Cc1nc(Cc2cccc(-c3ccccc3)c2)nc(C(=O)NCC(=O)O)c1O. The zero-order chi connectivity index (χ0) is 20.1. The predicted octanol–water partition coefficient (Wildman–Crippen LogP) is 2.56. The quantitative estimate of drug-likeness (QED) is 0.609. The van der Waals surface area contributed by atoms with Gasteiger partial charge in [0.15, 0.2) is 11.4 Å². The Kier molecular flexibility index (Phi) is 5.64. The highest BCUT2D eigenvalue weighted by molar-refractivity contribution is 5.96. The average molecular weight is 377 g/mol. The molecule has 0 spiro atoms. The van der Waals surface area contributed by atoms with E-state index in [1.165, 1.54) is 0 Å². The number of aryl methyl sites for hydroxylation is 1. The van der Waals surface area contributed by atoms with E-state index in [2.05, 4.69) is 15.3 Å². The highest BCUT2D eigenvalue weighted by Crippen LogP contribution is 2.23. The molecule has 0 atom stereocenters. The molecule has 7 nitrogen and oxygen atoms in total. The van der Waals surface area contributed by atoms with E-state index >= 15 is 0 Å². The van der Waals surface area contributed by atoms with E-state index in [9.17, 15) is 14.7 Å². The lowest BCUT2D eigenvalue weighted by atomic mass is 10.0. The number of amides is 1. The van der Waals surface area contributed by atoms with Crippen molar-refractivity contribution in [1.82, 2.24) is 15.3 Å². The molecule has 0 aliphatic carbocycles. The smallest absolute Gasteiger partial charge is 0.322 e. The van der Waals surface area contributed by atoms with Crippen molar-refractivity contribution in [2.24, 2.45) is 0 Å². The fourth-order valence-corrected chi connectivity index (χ4v) is 2.78. The molecule has 0 bridgehead atoms. The largest absolute Gasteiger partial charge is 0.504 e. The standard InChI is InChI=1S/C21H19N3O4/c1-13-20(27)19(21(28)22-12-18(25)26)24-17(23-13)11-14-6-5-9-16(10-14)15-7-3-2-4-8-15/h2-10,27H,11-12H2,1H3,(H,22,28)(H,25,26). The highest BCUT2D eigenvalue weighted by Gasteiger charge is 2.18. The molecule has 1 heterocycles. The lowest BCUT2D eigenvalue weighted by Crippen LogP contribution is -2.30. The number of carboxylic acid groups (broad SMARTS) is 1. The molecule has 1 amide bonds. The first-order chi connectivity index (χ1) is 13.4. The number of carboxylic acids is 1. The van der Waals surface area contributed by atoms with Crippen LogP contribution in [0.25, 0.3) is 11.1 Å². The maximum absolute atomic E-state index is 12.1. The maximum Gasteiger partial charge on any atom is 0.322 e. The van der Waals surface area contributed by atoms with Gasteiger partial charge in [-0.05, 0) is 23.6 Å². The van der Waals surface area contributed by atoms with Crippen LogP contribution in [0.4, 0.5) is 0 Å². The molecule has 0 aliphatic rings. The molecule has 0 aliphatic heterocycles. The van der Waals surface area contributed by atoms with Gasteiger partial charge in [0.05, 0.1) is 5.69 Å². The monoisotopic (exact) mass is 377 g/mol. The third-order valence-corrected chi connectivity index (χ3v) is 4.12. The van der Waals surface area contributed by atoms with Gasteiger partial charge in [0.1, 0.15) is 12.4 Å². The second-order valence-corrected chi connectivity index (χ2v) is 6.24. The van der Waals surface area contributed by atoms with Crippen LogP contribution in [-0.2, 0) is 11.2 Å². The first-order valence-corrected chi connectivity index (χ1v) is 8.65. The number of hydrogen-bond acceptors (Lipinski definition) is 5. The maximum atomic E-state index is 12.1. The van der Waals surface area contributed by atoms with Gasteiger partial charge in [0.2, 0.25) is 0 Å². The highest BCUT2D eigenvalue weighted by atomic mass is 16.4. The van der Waals surface area contributed by atoms with E-state index in [0.717, 1.165) is 16.7 Å². The zero-order valence-corrected chi connectivity index (χ0v) is 15.2. The van der Waals surface area contributed by atoms with Gasteiger partial charge >= 0.3 is 5.97 Å². The minimum Gasteiger partial charge on any atom is -0.504 e. The Morgan fingerprint density at radius 3 is 2.43 bits per heavy atom. The molecule has 0 fully saturated rings. The molecule has 3 aromatic rings. The van der Waals surface area contributed by atoms with Gasteiger partial charge in [0.25, 0.3) is 5.91 Å². The summed E-state index contributed by atoms with van der Waals surface area (Å²) in [6.07, 6.45) is 0.362. The van der Waals surface area contributed by atoms with Crippen LogP contribution in [0.15, 0.2) is 54.6 Å². The molecule has 3 N–H and O–H groups in total. The molecule has 0 radical (unpaired) electrons. The summed E-state index contributed by atoms with van der Waals surface area (Å²) < 4.78 is 0. The number of rotatable bonds is 6. The Hall–Kier alpha value is -3.74. The van der Waals surface area contributed by atoms with Gasteiger partial charge in [-0.1, -0.05) is 54.6 Å². The van der Waals surface area contributed by atoms with Crippen molar-refractivity contribution in [1.29, 1.82) is 0 Å². The zero-order valence-electron chi connectivity index (χ0n) is 15.2. The molecule has 142 valence electrons. The fraction of sp³-hybridized carbons (Fsp3) is 0.143. The number of aliphatic carboxylic acids is 1. The van der Waals surface area contributed by atoms with Crippen molar-refractivity contribution in [2.75, 3.05) is 6.54 Å². The van der Waals surface area contributed by atoms with E-state index in [1.807, 2.05) is 54.6 Å². The molecular formula is C21H19N3O4. The summed E-state index contributed by atoms with van der Waals surface area (Å²) in [6, 6.07) is 17.8. The number of aromatic hydroxyl groups is 1. The first kappa shape index (κ1) is 19.0. The van der Waals surface area contributed by atoms with Crippen LogP contribution in [0, 0.1) is 6.92 Å². The van der Waals surface area contributed by atoms with Crippen molar-refractivity contribution in [3.8, 4) is 16.9 Å². The Morgan fingerprint density at radius 1 is 1.00 bits per heavy atom. The van der Waals surface area contributed by atoms with Crippen molar-refractivity contribution in [3.63, 3.8) is 0 Å². The summed E-state index contributed by atoms with van der Waals surface area (Å²) in [5, 5.41) is 21.0. The minimum absolute atomic E-state index is 0.233. The van der Waals surface area contributed by atoms with Crippen LogP contribution in [0.3, 0.4) is 0 Å². The first-order valence-electron chi connectivity index (χ1n) is 8.65. The van der Waals surface area contributed by atoms with Crippen molar-refractivity contribution < 1.29 is 19.8 Å². The van der Waals surface area contributed by atoms with Gasteiger partial charge < -0.3 is 15.5 Å². The molecule has 28 heavy (non-hydrogen) atoms. The van der Waals surface area contributed by atoms with Crippen molar-refractivity contribution in [2.45, 2.75) is 13.3 Å².